The van der Waals surface area contributed by atoms with E-state index >= 15 is 0 Å². The highest BCUT2D eigenvalue weighted by Crippen LogP contribution is 2.34. The molecule has 0 aromatic heterocycles. The molecule has 0 aliphatic rings. The molecule has 0 aliphatic heterocycles. The van der Waals surface area contributed by atoms with E-state index in [0.29, 0.717) is 23.7 Å². The average Bonchev–Trinajstić information content (AvgIpc) is 2.57. The van der Waals surface area contributed by atoms with Crippen LogP contribution in [-0.2, 0) is 6.42 Å². The zero-order valence-corrected chi connectivity index (χ0v) is 15.6. The lowest BCUT2D eigenvalue weighted by Crippen LogP contribution is -2.13. The van der Waals surface area contributed by atoms with Crippen LogP contribution in [0.5, 0.6) is 11.5 Å². The summed E-state index contributed by atoms with van der Waals surface area (Å²) in [4.78, 5) is 12.4. The maximum Gasteiger partial charge on any atom is 0.255 e. The van der Waals surface area contributed by atoms with E-state index in [-0.39, 0.29) is 5.91 Å². The second kappa shape index (κ2) is 8.19. The minimum absolute atomic E-state index is 0.173. The van der Waals surface area contributed by atoms with Gasteiger partial charge < -0.3 is 14.8 Å². The lowest BCUT2D eigenvalue weighted by molar-refractivity contribution is 0.102. The molecule has 1 amide bonds. The highest BCUT2D eigenvalue weighted by atomic mass is 127. The normalized spacial score (nSPS) is 10.3. The maximum absolute atomic E-state index is 12.4. The van der Waals surface area contributed by atoms with Gasteiger partial charge in [-0.3, -0.25) is 4.79 Å². The van der Waals surface area contributed by atoms with Gasteiger partial charge in [0, 0.05) is 11.3 Å². The van der Waals surface area contributed by atoms with Crippen molar-refractivity contribution >= 4 is 34.2 Å². The van der Waals surface area contributed by atoms with Gasteiger partial charge in [0.25, 0.3) is 5.91 Å². The van der Waals surface area contributed by atoms with E-state index in [1.165, 1.54) is 5.56 Å². The summed E-state index contributed by atoms with van der Waals surface area (Å²) >= 11 is 2.15. The second-order valence-corrected chi connectivity index (χ2v) is 6.09. The number of carbonyl (C=O) groups excluding carboxylic acids is 1. The van der Waals surface area contributed by atoms with Gasteiger partial charge in [0.2, 0.25) is 0 Å². The Morgan fingerprint density at radius 3 is 2.43 bits per heavy atom. The molecule has 2 aromatic rings. The van der Waals surface area contributed by atoms with E-state index in [2.05, 4.69) is 34.8 Å². The van der Waals surface area contributed by atoms with E-state index in [0.717, 1.165) is 15.7 Å². The Bertz CT molecular complexity index is 683. The van der Waals surface area contributed by atoms with Gasteiger partial charge in [0.1, 0.15) is 0 Å². The smallest absolute Gasteiger partial charge is 0.255 e. The van der Waals surface area contributed by atoms with E-state index in [1.54, 1.807) is 19.2 Å². The number of benzene rings is 2. The van der Waals surface area contributed by atoms with Crippen molar-refractivity contribution in [1.29, 1.82) is 0 Å². The summed E-state index contributed by atoms with van der Waals surface area (Å²) in [6.45, 7) is 4.56. The summed E-state index contributed by atoms with van der Waals surface area (Å²) in [5, 5.41) is 2.90. The van der Waals surface area contributed by atoms with Crippen molar-refractivity contribution in [3.8, 4) is 11.5 Å². The molecule has 0 atom stereocenters. The molecule has 0 bridgehead atoms. The SMILES string of the molecule is CCOc1c(I)cc(C(=O)Nc2ccc(CC)cc2)cc1OC. The van der Waals surface area contributed by atoms with Gasteiger partial charge in [-0.25, -0.2) is 0 Å². The summed E-state index contributed by atoms with van der Waals surface area (Å²) < 4.78 is 11.8. The van der Waals surface area contributed by atoms with E-state index in [4.69, 9.17) is 9.47 Å². The highest BCUT2D eigenvalue weighted by molar-refractivity contribution is 14.1. The zero-order valence-electron chi connectivity index (χ0n) is 13.5. The fourth-order valence-electron chi connectivity index (χ4n) is 2.16. The Labute approximate surface area is 150 Å². The lowest BCUT2D eigenvalue weighted by Gasteiger charge is -2.13. The largest absolute Gasteiger partial charge is 0.493 e. The number of anilines is 1. The van der Waals surface area contributed by atoms with Crippen LogP contribution in [-0.4, -0.2) is 19.6 Å². The number of amides is 1. The van der Waals surface area contributed by atoms with Crippen molar-refractivity contribution in [2.24, 2.45) is 0 Å². The minimum atomic E-state index is -0.173. The van der Waals surface area contributed by atoms with Crippen LogP contribution in [0.4, 0.5) is 5.69 Å². The van der Waals surface area contributed by atoms with Crippen molar-refractivity contribution in [3.05, 3.63) is 51.1 Å². The van der Waals surface area contributed by atoms with Crippen LogP contribution >= 0.6 is 22.6 Å². The first kappa shape index (κ1) is 17.6. The third-order valence-corrected chi connectivity index (χ3v) is 4.20. The van der Waals surface area contributed by atoms with Crippen LogP contribution in [0.1, 0.15) is 29.8 Å². The van der Waals surface area contributed by atoms with Gasteiger partial charge in [0.05, 0.1) is 17.3 Å². The van der Waals surface area contributed by atoms with E-state index in [9.17, 15) is 4.79 Å². The Hall–Kier alpha value is -1.76. The predicted molar refractivity (Wildman–Crippen MR) is 101 cm³/mol. The van der Waals surface area contributed by atoms with Gasteiger partial charge in [-0.15, -0.1) is 0 Å². The number of hydrogen-bond donors (Lipinski definition) is 1. The van der Waals surface area contributed by atoms with Crippen molar-refractivity contribution in [2.75, 3.05) is 19.0 Å². The number of carbonyl (C=O) groups is 1. The third-order valence-electron chi connectivity index (χ3n) is 3.40. The molecule has 2 rings (SSSR count). The van der Waals surface area contributed by atoms with Crippen molar-refractivity contribution < 1.29 is 14.3 Å². The van der Waals surface area contributed by atoms with Crippen LogP contribution < -0.4 is 14.8 Å². The summed E-state index contributed by atoms with van der Waals surface area (Å²) in [6, 6.07) is 11.3. The number of rotatable bonds is 6. The minimum Gasteiger partial charge on any atom is -0.493 e. The fraction of sp³-hybridized carbons (Fsp3) is 0.278. The van der Waals surface area contributed by atoms with E-state index in [1.807, 2.05) is 31.2 Å². The molecular formula is C18H20INO3. The third kappa shape index (κ3) is 4.37. The number of methoxy groups -OCH3 is 1. The molecule has 2 aromatic carbocycles. The van der Waals surface area contributed by atoms with Crippen molar-refractivity contribution in [1.82, 2.24) is 0 Å². The molecule has 1 N–H and O–H groups in total. The molecular weight excluding hydrogens is 405 g/mol. The van der Waals surface area contributed by atoms with Gasteiger partial charge in [-0.1, -0.05) is 19.1 Å². The molecule has 0 radical (unpaired) electrons. The number of hydrogen-bond acceptors (Lipinski definition) is 3. The first-order valence-corrected chi connectivity index (χ1v) is 8.57. The topological polar surface area (TPSA) is 47.6 Å². The number of ether oxygens (including phenoxy) is 2. The Morgan fingerprint density at radius 1 is 1.17 bits per heavy atom. The van der Waals surface area contributed by atoms with Gasteiger partial charge in [-0.2, -0.15) is 0 Å². The van der Waals surface area contributed by atoms with Crippen molar-refractivity contribution in [3.63, 3.8) is 0 Å². The quantitative estimate of drug-likeness (QED) is 0.693. The Kier molecular flexibility index (Phi) is 6.27. The lowest BCUT2D eigenvalue weighted by atomic mass is 10.1. The molecule has 0 saturated carbocycles. The number of halogens is 1. The monoisotopic (exact) mass is 425 g/mol. The molecule has 4 nitrogen and oxygen atoms in total. The summed E-state index contributed by atoms with van der Waals surface area (Å²) in [7, 11) is 1.57. The van der Waals surface area contributed by atoms with Gasteiger partial charge in [0.15, 0.2) is 11.5 Å². The summed E-state index contributed by atoms with van der Waals surface area (Å²) in [6.07, 6.45) is 0.975. The maximum atomic E-state index is 12.4. The van der Waals surface area contributed by atoms with Crippen LogP contribution in [0.25, 0.3) is 0 Å². The van der Waals surface area contributed by atoms with Gasteiger partial charge in [-0.05, 0) is 65.8 Å². The average molecular weight is 425 g/mol. The highest BCUT2D eigenvalue weighted by Gasteiger charge is 2.15. The zero-order chi connectivity index (χ0) is 16.8. The van der Waals surface area contributed by atoms with Crippen LogP contribution in [0.3, 0.4) is 0 Å². The standard InChI is InChI=1S/C18H20INO3/c1-4-12-6-8-14(9-7-12)20-18(21)13-10-15(19)17(23-5-2)16(11-13)22-3/h6-11H,4-5H2,1-3H3,(H,20,21). The molecule has 23 heavy (non-hydrogen) atoms. The fourth-order valence-corrected chi connectivity index (χ4v) is 2.92. The molecule has 0 aliphatic carbocycles. The molecule has 0 spiro atoms. The number of aryl methyl sites for hydroxylation is 1. The molecule has 0 saturated heterocycles. The molecule has 0 unspecified atom stereocenters. The second-order valence-electron chi connectivity index (χ2n) is 4.93. The first-order chi connectivity index (χ1) is 11.1. The summed E-state index contributed by atoms with van der Waals surface area (Å²) in [5.41, 5.74) is 2.55. The van der Waals surface area contributed by atoms with Crippen LogP contribution in [0.15, 0.2) is 36.4 Å². The first-order valence-electron chi connectivity index (χ1n) is 7.49. The molecule has 5 heteroatoms. The molecule has 0 fully saturated rings. The van der Waals surface area contributed by atoms with Crippen molar-refractivity contribution in [2.45, 2.75) is 20.3 Å². The summed E-state index contributed by atoms with van der Waals surface area (Å²) in [5.74, 6) is 1.05. The number of nitrogens with one attached hydrogen (secondary N) is 1. The van der Waals surface area contributed by atoms with Crippen LogP contribution in [0, 0.1) is 3.57 Å². The molecule has 0 heterocycles. The predicted octanol–water partition coefficient (Wildman–Crippen LogP) is 4.51. The van der Waals surface area contributed by atoms with Crippen LogP contribution in [0.2, 0.25) is 0 Å². The molecule has 122 valence electrons. The van der Waals surface area contributed by atoms with E-state index < -0.39 is 0 Å². The Balaban J connectivity index is 2.22. The Morgan fingerprint density at radius 2 is 1.87 bits per heavy atom. The van der Waals surface area contributed by atoms with Gasteiger partial charge >= 0.3 is 0 Å².